The number of Topliss-reactive ketones (excluding diaryl/α,β-unsaturated/α-hetero) is 1. The predicted octanol–water partition coefficient (Wildman–Crippen LogP) is 1.19. The van der Waals surface area contributed by atoms with Crippen molar-refractivity contribution < 1.29 is 14.6 Å². The van der Waals surface area contributed by atoms with Gasteiger partial charge in [0.2, 0.25) is 0 Å². The number of aliphatic hydroxyl groups excluding tert-OH is 1. The van der Waals surface area contributed by atoms with Gasteiger partial charge in [0.25, 0.3) is 0 Å². The Bertz CT molecular complexity index is 377. The summed E-state index contributed by atoms with van der Waals surface area (Å²) >= 11 is 0. The second-order valence-corrected chi connectivity index (χ2v) is 4.20. The Morgan fingerprint density at radius 1 is 1.53 bits per heavy atom. The number of aliphatic hydroxyl groups is 1. The van der Waals surface area contributed by atoms with Crippen LogP contribution in [0, 0.1) is 0 Å². The fourth-order valence-corrected chi connectivity index (χ4v) is 1.65. The zero-order chi connectivity index (χ0) is 12.8. The van der Waals surface area contributed by atoms with Crippen LogP contribution in [-0.4, -0.2) is 49.1 Å². The van der Waals surface area contributed by atoms with Crippen LogP contribution in [0.1, 0.15) is 17.3 Å². The molecule has 0 bridgehead atoms. The molecule has 4 nitrogen and oxygen atoms in total. The lowest BCUT2D eigenvalue weighted by Gasteiger charge is -2.17. The van der Waals surface area contributed by atoms with Crippen LogP contribution in [0.5, 0.6) is 5.75 Å². The lowest BCUT2D eigenvalue weighted by Crippen LogP contribution is -2.32. The molecular weight excluding hydrogens is 218 g/mol. The third-order valence-corrected chi connectivity index (χ3v) is 2.38. The Labute approximate surface area is 102 Å². The van der Waals surface area contributed by atoms with Crippen molar-refractivity contribution in [1.82, 2.24) is 4.90 Å². The van der Waals surface area contributed by atoms with Gasteiger partial charge in [0, 0.05) is 12.1 Å². The molecule has 0 aromatic heterocycles. The van der Waals surface area contributed by atoms with Gasteiger partial charge in [-0.05, 0) is 26.1 Å². The molecule has 0 radical (unpaired) electrons. The van der Waals surface area contributed by atoms with Gasteiger partial charge in [-0.25, -0.2) is 0 Å². The maximum absolute atomic E-state index is 11.9. The number of ketones is 1. The van der Waals surface area contributed by atoms with Gasteiger partial charge in [0.15, 0.2) is 5.78 Å². The average Bonchev–Trinajstić information content (AvgIpc) is 2.27. The quantitative estimate of drug-likeness (QED) is 0.755. The molecule has 1 unspecified atom stereocenters. The molecule has 1 aromatic rings. The van der Waals surface area contributed by atoms with E-state index in [4.69, 9.17) is 4.74 Å². The summed E-state index contributed by atoms with van der Waals surface area (Å²) < 4.78 is 5.07. The van der Waals surface area contributed by atoms with Crippen molar-refractivity contribution in [2.75, 3.05) is 27.2 Å². The van der Waals surface area contributed by atoms with Crippen molar-refractivity contribution in [3.63, 3.8) is 0 Å². The van der Waals surface area contributed by atoms with Crippen molar-refractivity contribution in [2.24, 2.45) is 0 Å². The lowest BCUT2D eigenvalue weighted by molar-refractivity contribution is 0.0901. The average molecular weight is 237 g/mol. The molecule has 1 rings (SSSR count). The van der Waals surface area contributed by atoms with Crippen molar-refractivity contribution in [2.45, 2.75) is 13.0 Å². The number of rotatable bonds is 6. The molecule has 0 aliphatic heterocycles. The highest BCUT2D eigenvalue weighted by Crippen LogP contribution is 2.13. The number of nitrogens with zero attached hydrogens (tertiary/aromatic N) is 1. The minimum atomic E-state index is -0.432. The molecule has 17 heavy (non-hydrogen) atoms. The number of hydrogen-bond donors (Lipinski definition) is 1. The topological polar surface area (TPSA) is 49.8 Å². The van der Waals surface area contributed by atoms with Crippen LogP contribution in [0.3, 0.4) is 0 Å². The van der Waals surface area contributed by atoms with E-state index in [2.05, 4.69) is 0 Å². The SMILES string of the molecule is COc1cccc(C(=O)CN(C)CC(C)O)c1. The first kappa shape index (κ1) is 13.7. The van der Waals surface area contributed by atoms with Gasteiger partial charge in [-0.1, -0.05) is 12.1 Å². The van der Waals surface area contributed by atoms with Gasteiger partial charge in [-0.15, -0.1) is 0 Å². The Balaban J connectivity index is 2.63. The maximum atomic E-state index is 11.9. The highest BCUT2D eigenvalue weighted by molar-refractivity contribution is 5.97. The van der Waals surface area contributed by atoms with Crippen LogP contribution in [-0.2, 0) is 0 Å². The predicted molar refractivity (Wildman–Crippen MR) is 66.5 cm³/mol. The zero-order valence-electron chi connectivity index (χ0n) is 10.5. The van der Waals surface area contributed by atoms with E-state index < -0.39 is 6.10 Å². The molecule has 0 fully saturated rings. The summed E-state index contributed by atoms with van der Waals surface area (Å²) in [5.41, 5.74) is 0.627. The van der Waals surface area contributed by atoms with Crippen LogP contribution >= 0.6 is 0 Å². The second kappa shape index (κ2) is 6.37. The minimum Gasteiger partial charge on any atom is -0.497 e. The molecule has 4 heteroatoms. The molecule has 0 saturated heterocycles. The van der Waals surface area contributed by atoms with E-state index >= 15 is 0 Å². The van der Waals surface area contributed by atoms with Crippen LogP contribution < -0.4 is 4.74 Å². The molecule has 1 N–H and O–H groups in total. The van der Waals surface area contributed by atoms with Crippen LogP contribution in [0.4, 0.5) is 0 Å². The van der Waals surface area contributed by atoms with Gasteiger partial charge in [0.1, 0.15) is 5.75 Å². The third-order valence-electron chi connectivity index (χ3n) is 2.38. The number of likely N-dealkylation sites (N-methyl/N-ethyl adjacent to an activating group) is 1. The molecule has 0 spiro atoms. The summed E-state index contributed by atoms with van der Waals surface area (Å²) in [6.07, 6.45) is -0.432. The van der Waals surface area contributed by atoms with Gasteiger partial charge >= 0.3 is 0 Å². The second-order valence-electron chi connectivity index (χ2n) is 4.20. The summed E-state index contributed by atoms with van der Waals surface area (Å²) in [5, 5.41) is 9.22. The number of carbonyl (C=O) groups is 1. The summed E-state index contributed by atoms with van der Waals surface area (Å²) in [6, 6.07) is 7.08. The zero-order valence-corrected chi connectivity index (χ0v) is 10.5. The number of carbonyl (C=O) groups excluding carboxylic acids is 1. The van der Waals surface area contributed by atoms with E-state index in [1.54, 1.807) is 43.2 Å². The van der Waals surface area contributed by atoms with Crippen molar-refractivity contribution in [3.05, 3.63) is 29.8 Å². The fourth-order valence-electron chi connectivity index (χ4n) is 1.65. The first-order valence-electron chi connectivity index (χ1n) is 5.56. The summed E-state index contributed by atoms with van der Waals surface area (Å²) in [5.74, 6) is 0.695. The molecule has 0 heterocycles. The van der Waals surface area contributed by atoms with E-state index in [1.165, 1.54) is 0 Å². The Morgan fingerprint density at radius 2 is 2.24 bits per heavy atom. The van der Waals surface area contributed by atoms with Crippen LogP contribution in [0.2, 0.25) is 0 Å². The number of methoxy groups -OCH3 is 1. The summed E-state index contributed by atoms with van der Waals surface area (Å²) in [7, 11) is 3.38. The summed E-state index contributed by atoms with van der Waals surface area (Å²) in [6.45, 7) is 2.47. The number of ether oxygens (including phenoxy) is 1. The van der Waals surface area contributed by atoms with E-state index in [1.807, 2.05) is 7.05 Å². The Kier molecular flexibility index (Phi) is 5.12. The van der Waals surface area contributed by atoms with Crippen LogP contribution in [0.25, 0.3) is 0 Å². The minimum absolute atomic E-state index is 0.0204. The fraction of sp³-hybridized carbons (Fsp3) is 0.462. The molecular formula is C13H19NO3. The van der Waals surface area contributed by atoms with E-state index in [0.29, 0.717) is 17.9 Å². The smallest absolute Gasteiger partial charge is 0.176 e. The largest absolute Gasteiger partial charge is 0.497 e. The van der Waals surface area contributed by atoms with E-state index in [0.717, 1.165) is 0 Å². The molecule has 0 amide bonds. The highest BCUT2D eigenvalue weighted by Gasteiger charge is 2.11. The van der Waals surface area contributed by atoms with Crippen LogP contribution in [0.15, 0.2) is 24.3 Å². The highest BCUT2D eigenvalue weighted by atomic mass is 16.5. The number of hydrogen-bond acceptors (Lipinski definition) is 4. The molecule has 0 saturated carbocycles. The molecule has 0 aliphatic carbocycles. The molecule has 1 aromatic carbocycles. The van der Waals surface area contributed by atoms with Gasteiger partial charge in [-0.2, -0.15) is 0 Å². The number of benzene rings is 1. The normalized spacial score (nSPS) is 12.5. The van der Waals surface area contributed by atoms with Gasteiger partial charge in [-0.3, -0.25) is 9.69 Å². The Hall–Kier alpha value is -1.39. The van der Waals surface area contributed by atoms with E-state index in [9.17, 15) is 9.90 Å². The van der Waals surface area contributed by atoms with E-state index in [-0.39, 0.29) is 12.3 Å². The first-order chi connectivity index (χ1) is 8.02. The van der Waals surface area contributed by atoms with Gasteiger partial charge < -0.3 is 9.84 Å². The molecule has 94 valence electrons. The molecule has 1 atom stereocenters. The third kappa shape index (κ3) is 4.54. The van der Waals surface area contributed by atoms with Crippen molar-refractivity contribution >= 4 is 5.78 Å². The van der Waals surface area contributed by atoms with Crippen molar-refractivity contribution in [1.29, 1.82) is 0 Å². The monoisotopic (exact) mass is 237 g/mol. The van der Waals surface area contributed by atoms with Gasteiger partial charge in [0.05, 0.1) is 19.8 Å². The lowest BCUT2D eigenvalue weighted by atomic mass is 10.1. The standard InChI is InChI=1S/C13H19NO3/c1-10(15)8-14(2)9-13(16)11-5-4-6-12(7-11)17-3/h4-7,10,15H,8-9H2,1-3H3. The van der Waals surface area contributed by atoms with Crippen molar-refractivity contribution in [3.8, 4) is 5.75 Å². The maximum Gasteiger partial charge on any atom is 0.176 e. The molecule has 0 aliphatic rings. The summed E-state index contributed by atoms with van der Waals surface area (Å²) in [4.78, 5) is 13.7. The Morgan fingerprint density at radius 3 is 2.82 bits per heavy atom. The first-order valence-corrected chi connectivity index (χ1v) is 5.56.